The van der Waals surface area contributed by atoms with E-state index in [4.69, 9.17) is 14.2 Å². The summed E-state index contributed by atoms with van der Waals surface area (Å²) in [5.74, 6) is 1.92. The fourth-order valence-electron chi connectivity index (χ4n) is 1.94. The number of hydrogen-bond acceptors (Lipinski definition) is 3. The van der Waals surface area contributed by atoms with Gasteiger partial charge in [-0.15, -0.1) is 0 Å². The quantitative estimate of drug-likeness (QED) is 0.770. The van der Waals surface area contributed by atoms with Crippen molar-refractivity contribution in [3.8, 4) is 17.2 Å². The molecule has 0 fully saturated rings. The van der Waals surface area contributed by atoms with E-state index in [0.29, 0.717) is 17.2 Å². The molecule has 0 bridgehead atoms. The normalized spacial score (nSPS) is 10.4. The van der Waals surface area contributed by atoms with E-state index in [9.17, 15) is 0 Å². The number of fused-ring (bicyclic) bond motifs is 1. The van der Waals surface area contributed by atoms with Gasteiger partial charge in [0.15, 0.2) is 11.5 Å². The van der Waals surface area contributed by atoms with Gasteiger partial charge in [0, 0.05) is 5.39 Å². The molecule has 17 heavy (non-hydrogen) atoms. The number of hydrogen-bond donors (Lipinski definition) is 0. The minimum Gasteiger partial charge on any atom is -0.493 e. The van der Waals surface area contributed by atoms with Crippen molar-refractivity contribution in [3.05, 3.63) is 24.3 Å². The Morgan fingerprint density at radius 3 is 1.82 bits per heavy atom. The Morgan fingerprint density at radius 2 is 1.29 bits per heavy atom. The molecule has 87 valence electrons. The topological polar surface area (TPSA) is 27.7 Å². The third kappa shape index (κ3) is 1.74. The summed E-state index contributed by atoms with van der Waals surface area (Å²) in [6.07, 6.45) is 0. The third-order valence-corrected chi connectivity index (χ3v) is 3.19. The van der Waals surface area contributed by atoms with Crippen LogP contribution < -0.4 is 19.4 Å². The molecule has 0 heterocycles. The molecule has 0 aliphatic carbocycles. The number of methoxy groups -OCH3 is 3. The van der Waals surface area contributed by atoms with Crippen molar-refractivity contribution in [2.75, 3.05) is 21.3 Å². The largest absolute Gasteiger partial charge is 0.493 e. The van der Waals surface area contributed by atoms with E-state index in [-0.39, 0.29) is 0 Å². The summed E-state index contributed by atoms with van der Waals surface area (Å²) < 4.78 is 16.2. The monoisotopic (exact) mass is 245 g/mol. The Kier molecular flexibility index (Phi) is 3.24. The molecule has 0 saturated heterocycles. The van der Waals surface area contributed by atoms with Crippen molar-refractivity contribution in [2.45, 2.75) is 0 Å². The molecule has 0 spiro atoms. The van der Waals surface area contributed by atoms with Crippen LogP contribution in [-0.2, 0) is 0 Å². The molecule has 2 rings (SSSR count). The predicted octanol–water partition coefficient (Wildman–Crippen LogP) is 1.66. The Balaban J connectivity index is 2.93. The average Bonchev–Trinajstić information content (AvgIpc) is 2.38. The Morgan fingerprint density at radius 1 is 0.765 bits per heavy atom. The average molecular weight is 245 g/mol. The van der Waals surface area contributed by atoms with Crippen molar-refractivity contribution < 1.29 is 14.2 Å². The lowest BCUT2D eigenvalue weighted by molar-refractivity contribution is 0.329. The first-order valence-corrected chi connectivity index (χ1v) is 5.66. The lowest BCUT2D eigenvalue weighted by atomic mass is 10.1. The summed E-state index contributed by atoms with van der Waals surface area (Å²) in [6, 6.07) is 7.92. The van der Waals surface area contributed by atoms with E-state index in [0.717, 1.165) is 16.0 Å². The molecule has 3 radical (unpaired) electrons. The van der Waals surface area contributed by atoms with Crippen LogP contribution in [0.1, 0.15) is 0 Å². The van der Waals surface area contributed by atoms with Crippen molar-refractivity contribution in [1.29, 1.82) is 0 Å². The smallest absolute Gasteiger partial charge is 0.203 e. The van der Waals surface area contributed by atoms with Crippen LogP contribution in [0.15, 0.2) is 24.3 Å². The molecule has 0 unspecified atom stereocenters. The second-order valence-electron chi connectivity index (χ2n) is 3.52. The molecule has 0 aliphatic rings. The molecule has 0 saturated carbocycles. The molecule has 0 amide bonds. The van der Waals surface area contributed by atoms with Crippen LogP contribution >= 0.6 is 0 Å². The van der Waals surface area contributed by atoms with Gasteiger partial charge in [-0.05, 0) is 10.6 Å². The molecule has 0 aromatic heterocycles. The van der Waals surface area contributed by atoms with Crippen molar-refractivity contribution in [2.24, 2.45) is 0 Å². The maximum Gasteiger partial charge on any atom is 0.203 e. The maximum atomic E-state index is 5.42. The zero-order valence-corrected chi connectivity index (χ0v) is 11.0. The molecule has 0 atom stereocenters. The van der Waals surface area contributed by atoms with E-state index in [1.54, 1.807) is 21.3 Å². The first-order valence-electron chi connectivity index (χ1n) is 5.16. The fourth-order valence-corrected chi connectivity index (χ4v) is 2.38. The van der Waals surface area contributed by atoms with Crippen LogP contribution in [0, 0.1) is 0 Å². The molecule has 0 N–H and O–H groups in total. The van der Waals surface area contributed by atoms with Gasteiger partial charge in [-0.1, -0.05) is 24.3 Å². The van der Waals surface area contributed by atoms with E-state index in [1.807, 2.05) is 24.3 Å². The van der Waals surface area contributed by atoms with Crippen LogP contribution in [-0.4, -0.2) is 31.6 Å². The predicted molar refractivity (Wildman–Crippen MR) is 69.0 cm³/mol. The van der Waals surface area contributed by atoms with Gasteiger partial charge in [0.2, 0.25) is 5.75 Å². The fraction of sp³-hybridized carbons (Fsp3) is 0.231. The van der Waals surface area contributed by atoms with Crippen LogP contribution in [0.5, 0.6) is 17.2 Å². The molecule has 0 aliphatic heterocycles. The molecular weight excluding hydrogens is 232 g/mol. The Labute approximate surface area is 104 Å². The van der Waals surface area contributed by atoms with Gasteiger partial charge in [0.1, 0.15) is 0 Å². The molecule has 4 heteroatoms. The molecular formula is C13H13O3Si. The molecule has 3 nitrogen and oxygen atoms in total. The zero-order valence-electron chi connectivity index (χ0n) is 10.0. The third-order valence-electron chi connectivity index (χ3n) is 2.69. The Hall–Kier alpha value is -1.68. The maximum absolute atomic E-state index is 5.42. The van der Waals surface area contributed by atoms with Crippen LogP contribution in [0.2, 0.25) is 0 Å². The number of benzene rings is 2. The summed E-state index contributed by atoms with van der Waals surface area (Å²) in [5, 5.41) is 2.87. The van der Waals surface area contributed by atoms with Gasteiger partial charge in [0.05, 0.1) is 31.6 Å². The van der Waals surface area contributed by atoms with Gasteiger partial charge >= 0.3 is 0 Å². The summed E-state index contributed by atoms with van der Waals surface area (Å²) >= 11 is 0. The van der Waals surface area contributed by atoms with Gasteiger partial charge < -0.3 is 14.2 Å². The van der Waals surface area contributed by atoms with E-state index in [1.165, 1.54) is 0 Å². The molecule has 2 aromatic carbocycles. The van der Waals surface area contributed by atoms with E-state index < -0.39 is 0 Å². The summed E-state index contributed by atoms with van der Waals surface area (Å²) in [4.78, 5) is 0. The van der Waals surface area contributed by atoms with Crippen molar-refractivity contribution in [3.63, 3.8) is 0 Å². The highest BCUT2D eigenvalue weighted by molar-refractivity contribution is 6.41. The zero-order chi connectivity index (χ0) is 12.4. The van der Waals surface area contributed by atoms with Gasteiger partial charge in [-0.2, -0.15) is 0 Å². The standard InChI is InChI=1S/C13H13O3Si/c1-14-10-8-6-4-5-7-9(8)13(17)12(16-3)11(10)15-2/h4-7H,1-3H3. The highest BCUT2D eigenvalue weighted by atomic mass is 28.1. The first kappa shape index (κ1) is 11.8. The highest BCUT2D eigenvalue weighted by Crippen LogP contribution is 2.41. The lowest BCUT2D eigenvalue weighted by Gasteiger charge is -2.17. The first-order chi connectivity index (χ1) is 8.24. The highest BCUT2D eigenvalue weighted by Gasteiger charge is 2.18. The van der Waals surface area contributed by atoms with Gasteiger partial charge in [0.25, 0.3) is 0 Å². The van der Waals surface area contributed by atoms with Crippen LogP contribution in [0.3, 0.4) is 0 Å². The summed E-state index contributed by atoms with van der Waals surface area (Å²) in [6.45, 7) is 0. The van der Waals surface area contributed by atoms with E-state index in [2.05, 4.69) is 10.2 Å². The summed E-state index contributed by atoms with van der Waals surface area (Å²) in [7, 11) is 8.42. The number of ether oxygens (including phenoxy) is 3. The SMILES string of the molecule is COc1c(OC)c(OC)c2ccccc2c1[Si]. The van der Waals surface area contributed by atoms with Gasteiger partial charge in [-0.3, -0.25) is 0 Å². The van der Waals surface area contributed by atoms with Crippen LogP contribution in [0.4, 0.5) is 0 Å². The summed E-state index contributed by atoms with van der Waals surface area (Å²) in [5.41, 5.74) is 0. The van der Waals surface area contributed by atoms with Crippen molar-refractivity contribution >= 4 is 26.2 Å². The Bertz CT molecular complexity index is 552. The lowest BCUT2D eigenvalue weighted by Crippen LogP contribution is -2.11. The van der Waals surface area contributed by atoms with Crippen molar-refractivity contribution in [1.82, 2.24) is 0 Å². The van der Waals surface area contributed by atoms with E-state index >= 15 is 0 Å². The minimum absolute atomic E-state index is 0.596. The second-order valence-corrected chi connectivity index (χ2v) is 4.02. The second kappa shape index (κ2) is 4.67. The van der Waals surface area contributed by atoms with Gasteiger partial charge in [-0.25, -0.2) is 0 Å². The van der Waals surface area contributed by atoms with Crippen LogP contribution in [0.25, 0.3) is 10.8 Å². The molecule has 2 aromatic rings. The number of rotatable bonds is 3. The minimum atomic E-state index is 0.596.